The molecule has 0 bridgehead atoms. The van der Waals surface area contributed by atoms with Gasteiger partial charge in [-0.15, -0.1) is 0 Å². The summed E-state index contributed by atoms with van der Waals surface area (Å²) in [7, 11) is 3.01. The van der Waals surface area contributed by atoms with Crippen LogP contribution in [-0.2, 0) is 13.2 Å². The first kappa shape index (κ1) is 20.0. The average Bonchev–Trinajstić information content (AvgIpc) is 2.76. The van der Waals surface area contributed by atoms with Crippen molar-refractivity contribution in [1.82, 2.24) is 4.98 Å². The van der Waals surface area contributed by atoms with Crippen LogP contribution in [0.3, 0.4) is 0 Å². The zero-order chi connectivity index (χ0) is 20.6. The van der Waals surface area contributed by atoms with Crippen molar-refractivity contribution >= 4 is 11.6 Å². The molecule has 3 rings (SSSR count). The van der Waals surface area contributed by atoms with Gasteiger partial charge < -0.3 is 25.3 Å². The van der Waals surface area contributed by atoms with Crippen molar-refractivity contribution in [3.63, 3.8) is 0 Å². The normalized spacial score (nSPS) is 10.3. The molecule has 0 fully saturated rings. The van der Waals surface area contributed by atoms with Gasteiger partial charge in [-0.25, -0.2) is 0 Å². The van der Waals surface area contributed by atoms with Gasteiger partial charge >= 0.3 is 0 Å². The van der Waals surface area contributed by atoms with Crippen molar-refractivity contribution in [3.05, 3.63) is 77.6 Å². The van der Waals surface area contributed by atoms with Gasteiger partial charge in [0.15, 0.2) is 11.5 Å². The van der Waals surface area contributed by atoms with Gasteiger partial charge in [0.1, 0.15) is 6.61 Å². The molecule has 3 aromatic rings. The molecule has 0 radical (unpaired) electrons. The Labute approximate surface area is 169 Å². The summed E-state index contributed by atoms with van der Waals surface area (Å²) in [5, 5.41) is 3.25. The third kappa shape index (κ3) is 4.76. The van der Waals surface area contributed by atoms with Gasteiger partial charge in [-0.1, -0.05) is 30.3 Å². The summed E-state index contributed by atoms with van der Waals surface area (Å²) in [6.07, 6.45) is 3.40. The maximum atomic E-state index is 12.1. The van der Waals surface area contributed by atoms with Crippen molar-refractivity contribution in [2.75, 3.05) is 19.5 Å². The SMILES string of the molecule is COc1cc(C(N)=O)c(NCc2ccncc2)c(OCc2ccccc2)c1OC. The third-order valence-corrected chi connectivity index (χ3v) is 4.34. The van der Waals surface area contributed by atoms with Gasteiger partial charge in [0, 0.05) is 18.9 Å². The Bertz CT molecular complexity index is 963. The topological polar surface area (TPSA) is 95.7 Å². The van der Waals surface area contributed by atoms with E-state index < -0.39 is 5.91 Å². The second-order valence-corrected chi connectivity index (χ2v) is 6.21. The van der Waals surface area contributed by atoms with Crippen LogP contribution >= 0.6 is 0 Å². The van der Waals surface area contributed by atoms with E-state index in [4.69, 9.17) is 19.9 Å². The van der Waals surface area contributed by atoms with E-state index in [2.05, 4.69) is 10.3 Å². The highest BCUT2D eigenvalue weighted by molar-refractivity contribution is 6.01. The first-order chi connectivity index (χ1) is 14.1. The number of nitrogens with two attached hydrogens (primary N) is 1. The van der Waals surface area contributed by atoms with Crippen LogP contribution < -0.4 is 25.3 Å². The Morgan fingerprint density at radius 3 is 2.34 bits per heavy atom. The lowest BCUT2D eigenvalue weighted by Crippen LogP contribution is -2.16. The summed E-state index contributed by atoms with van der Waals surface area (Å²) in [6, 6.07) is 15.0. The Kier molecular flexibility index (Phi) is 6.52. The molecule has 1 aromatic heterocycles. The van der Waals surface area contributed by atoms with E-state index in [0.29, 0.717) is 29.5 Å². The second kappa shape index (κ2) is 9.45. The number of ether oxygens (including phenoxy) is 3. The number of carbonyl (C=O) groups excluding carboxylic acids is 1. The number of rotatable bonds is 9. The van der Waals surface area contributed by atoms with Crippen LogP contribution in [0.25, 0.3) is 0 Å². The predicted octanol–water partition coefficient (Wildman–Crippen LogP) is 3.39. The van der Waals surface area contributed by atoms with Crippen LogP contribution in [0.2, 0.25) is 0 Å². The first-order valence-electron chi connectivity index (χ1n) is 9.02. The monoisotopic (exact) mass is 393 g/mol. The summed E-state index contributed by atoms with van der Waals surface area (Å²) in [5.74, 6) is 0.496. The van der Waals surface area contributed by atoms with Crippen LogP contribution in [0.4, 0.5) is 5.69 Å². The van der Waals surface area contributed by atoms with Gasteiger partial charge in [0.2, 0.25) is 5.75 Å². The molecule has 1 amide bonds. The molecule has 0 spiro atoms. The van der Waals surface area contributed by atoms with E-state index in [1.54, 1.807) is 18.5 Å². The van der Waals surface area contributed by atoms with Crippen molar-refractivity contribution < 1.29 is 19.0 Å². The van der Waals surface area contributed by atoms with E-state index in [1.807, 2.05) is 42.5 Å². The Morgan fingerprint density at radius 1 is 1.00 bits per heavy atom. The molecule has 3 N–H and O–H groups in total. The van der Waals surface area contributed by atoms with E-state index in [-0.39, 0.29) is 12.2 Å². The molecule has 0 atom stereocenters. The van der Waals surface area contributed by atoms with Crippen molar-refractivity contribution in [3.8, 4) is 17.2 Å². The third-order valence-electron chi connectivity index (χ3n) is 4.34. The molecule has 7 heteroatoms. The predicted molar refractivity (Wildman–Crippen MR) is 110 cm³/mol. The number of hydrogen-bond acceptors (Lipinski definition) is 6. The van der Waals surface area contributed by atoms with Crippen molar-refractivity contribution in [1.29, 1.82) is 0 Å². The Balaban J connectivity index is 2.02. The highest BCUT2D eigenvalue weighted by atomic mass is 16.5. The lowest BCUT2D eigenvalue weighted by molar-refractivity contribution is 0.1000. The molecule has 0 aliphatic heterocycles. The Hall–Kier alpha value is -3.74. The standard InChI is InChI=1S/C22H23N3O4/c1-27-18-12-17(22(23)26)19(25-13-15-8-10-24-11-9-15)21(20(18)28-2)29-14-16-6-4-3-5-7-16/h3-12,25H,13-14H2,1-2H3,(H2,23,26). The van der Waals surface area contributed by atoms with E-state index in [0.717, 1.165) is 11.1 Å². The van der Waals surface area contributed by atoms with Crippen LogP contribution in [0, 0.1) is 0 Å². The van der Waals surface area contributed by atoms with Gasteiger partial charge in [-0.05, 0) is 29.3 Å². The minimum Gasteiger partial charge on any atom is -0.493 e. The van der Waals surface area contributed by atoms with E-state index >= 15 is 0 Å². The molecule has 150 valence electrons. The fraction of sp³-hybridized carbons (Fsp3) is 0.182. The summed E-state index contributed by atoms with van der Waals surface area (Å²) in [5.41, 5.74) is 8.29. The number of pyridine rings is 1. The number of aromatic nitrogens is 1. The summed E-state index contributed by atoms with van der Waals surface area (Å²) in [4.78, 5) is 16.2. The molecule has 1 heterocycles. The summed E-state index contributed by atoms with van der Waals surface area (Å²) in [6.45, 7) is 0.729. The van der Waals surface area contributed by atoms with Gasteiger partial charge in [0.05, 0.1) is 25.5 Å². The second-order valence-electron chi connectivity index (χ2n) is 6.21. The highest BCUT2D eigenvalue weighted by Crippen LogP contribution is 2.45. The lowest BCUT2D eigenvalue weighted by atomic mass is 10.1. The maximum Gasteiger partial charge on any atom is 0.251 e. The number of benzene rings is 2. The van der Waals surface area contributed by atoms with Crippen LogP contribution in [0.5, 0.6) is 17.2 Å². The van der Waals surface area contributed by atoms with Crippen molar-refractivity contribution in [2.45, 2.75) is 13.2 Å². The van der Waals surface area contributed by atoms with Crippen LogP contribution in [-0.4, -0.2) is 25.1 Å². The number of anilines is 1. The zero-order valence-electron chi connectivity index (χ0n) is 16.3. The number of nitrogens with one attached hydrogen (secondary N) is 1. The molecule has 0 saturated carbocycles. The number of methoxy groups -OCH3 is 2. The molecule has 2 aromatic carbocycles. The molecule has 29 heavy (non-hydrogen) atoms. The number of nitrogens with zero attached hydrogens (tertiary/aromatic N) is 1. The fourth-order valence-corrected chi connectivity index (χ4v) is 2.89. The molecule has 0 aliphatic carbocycles. The molecule has 0 saturated heterocycles. The minimum atomic E-state index is -0.604. The van der Waals surface area contributed by atoms with Gasteiger partial charge in [-0.2, -0.15) is 0 Å². The first-order valence-corrected chi connectivity index (χ1v) is 9.02. The summed E-state index contributed by atoms with van der Waals surface area (Å²) < 4.78 is 17.0. The smallest absolute Gasteiger partial charge is 0.251 e. The highest BCUT2D eigenvalue weighted by Gasteiger charge is 2.24. The number of amides is 1. The maximum absolute atomic E-state index is 12.1. The van der Waals surface area contributed by atoms with Crippen LogP contribution in [0.15, 0.2) is 60.9 Å². The molecular weight excluding hydrogens is 370 g/mol. The van der Waals surface area contributed by atoms with E-state index in [1.165, 1.54) is 14.2 Å². The molecule has 0 unspecified atom stereocenters. The fourth-order valence-electron chi connectivity index (χ4n) is 2.89. The van der Waals surface area contributed by atoms with Crippen molar-refractivity contribution in [2.24, 2.45) is 5.73 Å². The number of hydrogen-bond donors (Lipinski definition) is 2. The summed E-state index contributed by atoms with van der Waals surface area (Å²) >= 11 is 0. The minimum absolute atomic E-state index is 0.250. The quantitative estimate of drug-likeness (QED) is 0.579. The molecule has 7 nitrogen and oxygen atoms in total. The molecular formula is C22H23N3O4. The molecule has 0 aliphatic rings. The zero-order valence-corrected chi connectivity index (χ0v) is 16.3. The van der Waals surface area contributed by atoms with Gasteiger partial charge in [-0.3, -0.25) is 9.78 Å². The largest absolute Gasteiger partial charge is 0.493 e. The number of carbonyl (C=O) groups is 1. The Morgan fingerprint density at radius 2 is 1.72 bits per heavy atom. The van der Waals surface area contributed by atoms with E-state index in [9.17, 15) is 4.79 Å². The van der Waals surface area contributed by atoms with Crippen LogP contribution in [0.1, 0.15) is 21.5 Å². The average molecular weight is 393 g/mol. The van der Waals surface area contributed by atoms with Gasteiger partial charge in [0.25, 0.3) is 5.91 Å². The lowest BCUT2D eigenvalue weighted by Gasteiger charge is -2.21. The number of primary amides is 1.